The Hall–Kier alpha value is -1.45. The molecule has 0 amide bonds. The highest BCUT2D eigenvalue weighted by atomic mass is 19.1. The molecule has 100 valence electrons. The van der Waals surface area contributed by atoms with Crippen LogP contribution in [0.3, 0.4) is 0 Å². The molecule has 1 atom stereocenters. The molecule has 0 aromatic heterocycles. The number of hydrogen-bond acceptors (Lipinski definition) is 3. The van der Waals surface area contributed by atoms with Gasteiger partial charge in [0, 0.05) is 18.2 Å². The second kappa shape index (κ2) is 4.67. The van der Waals surface area contributed by atoms with Crippen molar-refractivity contribution >= 4 is 11.4 Å². The monoisotopic (exact) mass is 252 g/mol. The van der Waals surface area contributed by atoms with Crippen LogP contribution < -0.4 is 15.8 Å². The van der Waals surface area contributed by atoms with Gasteiger partial charge in [0.25, 0.3) is 0 Å². The van der Waals surface area contributed by atoms with Crippen LogP contribution in [0, 0.1) is 11.2 Å². The van der Waals surface area contributed by atoms with Crippen molar-refractivity contribution in [2.45, 2.75) is 39.2 Å². The van der Waals surface area contributed by atoms with Crippen molar-refractivity contribution in [3.05, 3.63) is 17.9 Å². The van der Waals surface area contributed by atoms with Gasteiger partial charge in [-0.25, -0.2) is 4.39 Å². The van der Waals surface area contributed by atoms with E-state index in [1.807, 2.05) is 0 Å². The maximum absolute atomic E-state index is 13.8. The zero-order valence-electron chi connectivity index (χ0n) is 11.2. The van der Waals surface area contributed by atoms with Crippen LogP contribution in [0.15, 0.2) is 12.1 Å². The lowest BCUT2D eigenvalue weighted by Crippen LogP contribution is -2.18. The molecule has 2 rings (SSSR count). The molecular formula is C14H21FN2O. The van der Waals surface area contributed by atoms with Crippen LogP contribution >= 0.6 is 0 Å². The summed E-state index contributed by atoms with van der Waals surface area (Å²) >= 11 is 0. The van der Waals surface area contributed by atoms with E-state index < -0.39 is 0 Å². The number of benzene rings is 1. The zero-order valence-corrected chi connectivity index (χ0v) is 11.2. The van der Waals surface area contributed by atoms with Crippen molar-refractivity contribution in [1.82, 2.24) is 0 Å². The fourth-order valence-corrected chi connectivity index (χ4v) is 2.64. The number of nitrogens with two attached hydrogens (primary N) is 1. The quantitative estimate of drug-likeness (QED) is 0.810. The van der Waals surface area contributed by atoms with E-state index in [2.05, 4.69) is 19.2 Å². The van der Waals surface area contributed by atoms with Gasteiger partial charge in [0.2, 0.25) is 0 Å². The van der Waals surface area contributed by atoms with Crippen molar-refractivity contribution in [1.29, 1.82) is 0 Å². The number of ether oxygens (including phenoxy) is 1. The Morgan fingerprint density at radius 2 is 2.17 bits per heavy atom. The summed E-state index contributed by atoms with van der Waals surface area (Å²) in [6, 6.07) is 3.26. The predicted molar refractivity (Wildman–Crippen MR) is 72.4 cm³/mol. The molecule has 0 aliphatic heterocycles. The second-order valence-electron chi connectivity index (χ2n) is 5.82. The van der Waals surface area contributed by atoms with E-state index in [-0.39, 0.29) is 5.82 Å². The fourth-order valence-electron chi connectivity index (χ4n) is 2.64. The molecular weight excluding hydrogens is 231 g/mol. The normalized spacial score (nSPS) is 21.9. The minimum absolute atomic E-state index is 0.321. The number of methoxy groups -OCH3 is 1. The summed E-state index contributed by atoms with van der Waals surface area (Å²) < 4.78 is 18.9. The molecule has 1 aromatic carbocycles. The molecule has 0 spiro atoms. The summed E-state index contributed by atoms with van der Waals surface area (Å²) in [6.45, 7) is 4.49. The number of nitrogens with one attached hydrogen (secondary N) is 1. The minimum Gasteiger partial charge on any atom is -0.495 e. The summed E-state index contributed by atoms with van der Waals surface area (Å²) in [5.74, 6) is 0.189. The molecule has 0 saturated heterocycles. The molecule has 1 saturated carbocycles. The van der Waals surface area contributed by atoms with Crippen LogP contribution in [-0.2, 0) is 0 Å². The highest BCUT2D eigenvalue weighted by Gasteiger charge is 2.31. The molecule has 1 unspecified atom stereocenters. The Labute approximate surface area is 108 Å². The van der Waals surface area contributed by atoms with Crippen LogP contribution in [0.5, 0.6) is 5.75 Å². The van der Waals surface area contributed by atoms with Crippen LogP contribution in [0.2, 0.25) is 0 Å². The molecule has 1 aliphatic rings. The fraction of sp³-hybridized carbons (Fsp3) is 0.571. The Morgan fingerprint density at radius 3 is 2.72 bits per heavy atom. The lowest BCUT2D eigenvalue weighted by molar-refractivity contribution is 0.378. The average molecular weight is 252 g/mol. The summed E-state index contributed by atoms with van der Waals surface area (Å²) in [5, 5.41) is 3.26. The Bertz CT molecular complexity index is 446. The smallest absolute Gasteiger partial charge is 0.148 e. The number of halogens is 1. The number of rotatable bonds is 3. The van der Waals surface area contributed by atoms with Crippen molar-refractivity contribution in [2.24, 2.45) is 5.41 Å². The molecule has 4 heteroatoms. The SMILES string of the molecule is COc1cc(NC2CCC(C)(C)C2)c(F)cc1N. The van der Waals surface area contributed by atoms with E-state index in [0.717, 1.165) is 12.8 Å². The van der Waals surface area contributed by atoms with Crippen LogP contribution in [0.4, 0.5) is 15.8 Å². The third-order valence-corrected chi connectivity index (χ3v) is 3.65. The molecule has 1 aliphatic carbocycles. The van der Waals surface area contributed by atoms with Gasteiger partial charge < -0.3 is 15.8 Å². The maximum Gasteiger partial charge on any atom is 0.148 e. The standard InChI is InChI=1S/C14H21FN2O/c1-14(2)5-4-9(8-14)17-12-7-13(18-3)11(16)6-10(12)15/h6-7,9,17H,4-5,8,16H2,1-3H3. The zero-order chi connectivity index (χ0) is 13.3. The molecule has 0 radical (unpaired) electrons. The number of anilines is 2. The summed E-state index contributed by atoms with van der Waals surface area (Å²) in [5.41, 5.74) is 6.80. The molecule has 3 nitrogen and oxygen atoms in total. The predicted octanol–water partition coefficient (Wildman–Crippen LogP) is 3.41. The van der Waals surface area contributed by atoms with Gasteiger partial charge in [-0.2, -0.15) is 0 Å². The molecule has 0 heterocycles. The maximum atomic E-state index is 13.8. The molecule has 1 fully saturated rings. The van der Waals surface area contributed by atoms with E-state index >= 15 is 0 Å². The molecule has 18 heavy (non-hydrogen) atoms. The molecule has 1 aromatic rings. The van der Waals surface area contributed by atoms with Crippen molar-refractivity contribution in [3.8, 4) is 5.75 Å². The Balaban J connectivity index is 2.14. The van der Waals surface area contributed by atoms with E-state index in [9.17, 15) is 4.39 Å². The summed E-state index contributed by atoms with van der Waals surface area (Å²) in [7, 11) is 1.53. The van der Waals surface area contributed by atoms with E-state index in [1.165, 1.54) is 19.6 Å². The minimum atomic E-state index is -0.321. The van der Waals surface area contributed by atoms with Gasteiger partial charge in [-0.05, 0) is 24.7 Å². The third-order valence-electron chi connectivity index (χ3n) is 3.65. The van der Waals surface area contributed by atoms with Gasteiger partial charge in [-0.3, -0.25) is 0 Å². The highest BCUT2D eigenvalue weighted by Crippen LogP contribution is 2.39. The largest absolute Gasteiger partial charge is 0.495 e. The van der Waals surface area contributed by atoms with Crippen LogP contribution in [-0.4, -0.2) is 13.2 Å². The number of hydrogen-bond donors (Lipinski definition) is 2. The average Bonchev–Trinajstić information content (AvgIpc) is 2.62. The number of nitrogen functional groups attached to an aromatic ring is 1. The van der Waals surface area contributed by atoms with Crippen molar-refractivity contribution in [2.75, 3.05) is 18.2 Å². The van der Waals surface area contributed by atoms with E-state index in [0.29, 0.717) is 28.6 Å². The first-order chi connectivity index (χ1) is 8.41. The van der Waals surface area contributed by atoms with E-state index in [4.69, 9.17) is 10.5 Å². The van der Waals surface area contributed by atoms with E-state index in [1.54, 1.807) is 6.07 Å². The summed E-state index contributed by atoms with van der Waals surface area (Å²) in [4.78, 5) is 0. The highest BCUT2D eigenvalue weighted by molar-refractivity contribution is 5.62. The van der Waals surface area contributed by atoms with Crippen LogP contribution in [0.1, 0.15) is 33.1 Å². The van der Waals surface area contributed by atoms with Gasteiger partial charge in [-0.15, -0.1) is 0 Å². The Morgan fingerprint density at radius 1 is 1.44 bits per heavy atom. The third kappa shape index (κ3) is 2.68. The lowest BCUT2D eigenvalue weighted by Gasteiger charge is -2.19. The van der Waals surface area contributed by atoms with Gasteiger partial charge in [0.15, 0.2) is 0 Å². The molecule has 0 bridgehead atoms. The van der Waals surface area contributed by atoms with Gasteiger partial charge in [-0.1, -0.05) is 13.8 Å². The van der Waals surface area contributed by atoms with Crippen molar-refractivity contribution < 1.29 is 9.13 Å². The topological polar surface area (TPSA) is 47.3 Å². The van der Waals surface area contributed by atoms with Crippen molar-refractivity contribution in [3.63, 3.8) is 0 Å². The molecule has 3 N–H and O–H groups in total. The first-order valence-corrected chi connectivity index (χ1v) is 6.31. The van der Waals surface area contributed by atoms with Crippen LogP contribution in [0.25, 0.3) is 0 Å². The second-order valence-corrected chi connectivity index (χ2v) is 5.82. The first-order valence-electron chi connectivity index (χ1n) is 6.31. The summed E-state index contributed by atoms with van der Waals surface area (Å²) in [6.07, 6.45) is 3.29. The van der Waals surface area contributed by atoms with Gasteiger partial charge >= 0.3 is 0 Å². The van der Waals surface area contributed by atoms with Gasteiger partial charge in [0.05, 0.1) is 18.5 Å². The first kappa shape index (κ1) is 13.0. The van der Waals surface area contributed by atoms with Gasteiger partial charge in [0.1, 0.15) is 11.6 Å². The lowest BCUT2D eigenvalue weighted by atomic mass is 9.92. The Kier molecular flexibility index (Phi) is 3.37.